The lowest BCUT2D eigenvalue weighted by atomic mass is 9.88. The minimum Gasteiger partial charge on any atom is -0.492 e. The first-order valence-corrected chi connectivity index (χ1v) is 7.54. The van der Waals surface area contributed by atoms with Crippen molar-refractivity contribution in [3.05, 3.63) is 84.6 Å². The zero-order chi connectivity index (χ0) is 16.9. The Morgan fingerprint density at radius 1 is 1.08 bits per heavy atom. The number of hydrogen-bond donors (Lipinski definition) is 0. The number of allylic oxidation sites excluding steroid dienone is 1. The molecule has 0 saturated heterocycles. The molecule has 0 saturated carbocycles. The van der Waals surface area contributed by atoms with Crippen LogP contribution in [0.5, 0.6) is 5.75 Å². The summed E-state index contributed by atoms with van der Waals surface area (Å²) >= 11 is 0. The van der Waals surface area contributed by atoms with E-state index in [1.54, 1.807) is 30.3 Å². The summed E-state index contributed by atoms with van der Waals surface area (Å²) in [6.45, 7) is 3.54. The minimum atomic E-state index is -1.06. The van der Waals surface area contributed by atoms with Gasteiger partial charge in [-0.2, -0.15) is 0 Å². The number of carbonyl (C=O) groups is 2. The molecule has 2 unspecified atom stereocenters. The number of fused-ring (bicyclic) bond motifs is 1. The SMILES string of the molecule is C=COC1c2ccccc2OC(=O)C1C(=O)/C=C/c1ccccc1. The van der Waals surface area contributed by atoms with Gasteiger partial charge < -0.3 is 9.47 Å². The fourth-order valence-corrected chi connectivity index (χ4v) is 2.65. The molecule has 3 rings (SSSR count). The van der Waals surface area contributed by atoms with E-state index in [-0.39, 0.29) is 5.78 Å². The molecule has 2 atom stereocenters. The zero-order valence-electron chi connectivity index (χ0n) is 12.9. The number of esters is 1. The van der Waals surface area contributed by atoms with E-state index in [4.69, 9.17) is 9.47 Å². The van der Waals surface area contributed by atoms with Crippen molar-refractivity contribution in [3.63, 3.8) is 0 Å². The molecule has 0 bridgehead atoms. The maximum absolute atomic E-state index is 12.6. The normalized spacial score (nSPS) is 19.4. The van der Waals surface area contributed by atoms with Gasteiger partial charge in [0.15, 0.2) is 11.7 Å². The Labute approximate surface area is 140 Å². The van der Waals surface area contributed by atoms with Crippen LogP contribution in [0.3, 0.4) is 0 Å². The van der Waals surface area contributed by atoms with Crippen molar-refractivity contribution in [1.82, 2.24) is 0 Å². The van der Waals surface area contributed by atoms with E-state index in [9.17, 15) is 9.59 Å². The first-order valence-electron chi connectivity index (χ1n) is 7.54. The number of rotatable bonds is 5. The number of benzene rings is 2. The van der Waals surface area contributed by atoms with Gasteiger partial charge in [0.25, 0.3) is 0 Å². The molecule has 2 aromatic carbocycles. The molecule has 0 fully saturated rings. The molecular weight excluding hydrogens is 304 g/mol. The number of hydrogen-bond acceptors (Lipinski definition) is 4. The van der Waals surface area contributed by atoms with Gasteiger partial charge >= 0.3 is 5.97 Å². The lowest BCUT2D eigenvalue weighted by molar-refractivity contribution is -0.150. The second-order valence-electron chi connectivity index (χ2n) is 5.31. The molecule has 2 aromatic rings. The van der Waals surface area contributed by atoms with Crippen LogP contribution in [-0.4, -0.2) is 11.8 Å². The largest absolute Gasteiger partial charge is 0.492 e. The van der Waals surface area contributed by atoms with Gasteiger partial charge in [0, 0.05) is 5.56 Å². The van der Waals surface area contributed by atoms with E-state index in [0.29, 0.717) is 11.3 Å². The Kier molecular flexibility index (Phi) is 4.57. The number of para-hydroxylation sites is 1. The molecule has 1 heterocycles. The maximum atomic E-state index is 12.6. The summed E-state index contributed by atoms with van der Waals surface area (Å²) in [5.41, 5.74) is 1.53. The molecule has 4 heteroatoms. The Balaban J connectivity index is 1.90. The third-order valence-corrected chi connectivity index (χ3v) is 3.78. The van der Waals surface area contributed by atoms with E-state index >= 15 is 0 Å². The molecule has 0 radical (unpaired) electrons. The summed E-state index contributed by atoms with van der Waals surface area (Å²) in [5, 5.41) is 0. The van der Waals surface area contributed by atoms with Gasteiger partial charge in [0.05, 0.1) is 6.26 Å². The molecule has 0 N–H and O–H groups in total. The van der Waals surface area contributed by atoms with Crippen LogP contribution in [-0.2, 0) is 14.3 Å². The van der Waals surface area contributed by atoms with Gasteiger partial charge in [-0.05, 0) is 17.7 Å². The first-order chi connectivity index (χ1) is 11.7. The number of carbonyl (C=O) groups excluding carboxylic acids is 2. The summed E-state index contributed by atoms with van der Waals surface area (Å²) < 4.78 is 10.8. The first kappa shape index (κ1) is 15.7. The maximum Gasteiger partial charge on any atom is 0.326 e. The van der Waals surface area contributed by atoms with Gasteiger partial charge in [0.2, 0.25) is 0 Å². The van der Waals surface area contributed by atoms with Crippen molar-refractivity contribution in [3.8, 4) is 5.75 Å². The summed E-state index contributed by atoms with van der Waals surface area (Å²) in [6.07, 6.45) is 3.55. The predicted molar refractivity (Wildman–Crippen MR) is 90.1 cm³/mol. The Morgan fingerprint density at radius 3 is 2.54 bits per heavy atom. The fourth-order valence-electron chi connectivity index (χ4n) is 2.65. The lowest BCUT2D eigenvalue weighted by Crippen LogP contribution is -2.37. The van der Waals surface area contributed by atoms with Gasteiger partial charge in [-0.1, -0.05) is 61.2 Å². The van der Waals surface area contributed by atoms with E-state index in [1.807, 2.05) is 30.3 Å². The monoisotopic (exact) mass is 320 g/mol. The lowest BCUT2D eigenvalue weighted by Gasteiger charge is -2.29. The van der Waals surface area contributed by atoms with Crippen LogP contribution in [0.15, 0.2) is 73.5 Å². The van der Waals surface area contributed by atoms with E-state index in [1.165, 1.54) is 12.3 Å². The van der Waals surface area contributed by atoms with E-state index in [0.717, 1.165) is 5.56 Å². The number of ketones is 1. The summed E-state index contributed by atoms with van der Waals surface area (Å²) in [4.78, 5) is 24.9. The smallest absolute Gasteiger partial charge is 0.326 e. The molecular formula is C20H16O4. The highest BCUT2D eigenvalue weighted by Crippen LogP contribution is 2.39. The molecule has 1 aliphatic heterocycles. The quantitative estimate of drug-likeness (QED) is 0.277. The van der Waals surface area contributed by atoms with Crippen molar-refractivity contribution in [2.75, 3.05) is 0 Å². The molecule has 1 aliphatic rings. The summed E-state index contributed by atoms with van der Waals surface area (Å²) in [7, 11) is 0. The van der Waals surface area contributed by atoms with E-state index < -0.39 is 18.0 Å². The average Bonchev–Trinajstić information content (AvgIpc) is 2.61. The van der Waals surface area contributed by atoms with Crippen LogP contribution in [0.2, 0.25) is 0 Å². The number of ether oxygens (including phenoxy) is 2. The highest BCUT2D eigenvalue weighted by molar-refractivity contribution is 6.08. The van der Waals surface area contributed by atoms with Crippen LogP contribution in [0.25, 0.3) is 6.08 Å². The molecule has 0 spiro atoms. The molecule has 0 aliphatic carbocycles. The van der Waals surface area contributed by atoms with Crippen LogP contribution >= 0.6 is 0 Å². The summed E-state index contributed by atoms with van der Waals surface area (Å²) in [5.74, 6) is -1.64. The molecule has 120 valence electrons. The van der Waals surface area contributed by atoms with Crippen molar-refractivity contribution < 1.29 is 19.1 Å². The minimum absolute atomic E-state index is 0.370. The highest BCUT2D eigenvalue weighted by atomic mass is 16.5. The Morgan fingerprint density at radius 2 is 1.79 bits per heavy atom. The van der Waals surface area contributed by atoms with Crippen LogP contribution in [0.4, 0.5) is 0 Å². The Bertz CT molecular complexity index is 792. The van der Waals surface area contributed by atoms with Crippen molar-refractivity contribution in [2.45, 2.75) is 6.10 Å². The topological polar surface area (TPSA) is 52.6 Å². The molecule has 0 aromatic heterocycles. The second-order valence-corrected chi connectivity index (χ2v) is 5.31. The van der Waals surface area contributed by atoms with Crippen molar-refractivity contribution in [2.24, 2.45) is 5.92 Å². The van der Waals surface area contributed by atoms with Gasteiger partial charge in [0.1, 0.15) is 11.9 Å². The molecule has 4 nitrogen and oxygen atoms in total. The van der Waals surface area contributed by atoms with Gasteiger partial charge in [-0.3, -0.25) is 9.59 Å². The zero-order valence-corrected chi connectivity index (χ0v) is 12.9. The van der Waals surface area contributed by atoms with Crippen LogP contribution in [0.1, 0.15) is 17.2 Å². The predicted octanol–water partition coefficient (Wildman–Crippen LogP) is 3.71. The third kappa shape index (κ3) is 3.13. The van der Waals surface area contributed by atoms with Gasteiger partial charge in [-0.15, -0.1) is 0 Å². The highest BCUT2D eigenvalue weighted by Gasteiger charge is 2.42. The van der Waals surface area contributed by atoms with E-state index in [2.05, 4.69) is 6.58 Å². The van der Waals surface area contributed by atoms with Crippen molar-refractivity contribution >= 4 is 17.8 Å². The van der Waals surface area contributed by atoms with Crippen LogP contribution < -0.4 is 4.74 Å². The average molecular weight is 320 g/mol. The van der Waals surface area contributed by atoms with Crippen molar-refractivity contribution in [1.29, 1.82) is 0 Å². The molecule has 24 heavy (non-hydrogen) atoms. The second kappa shape index (κ2) is 6.96. The standard InChI is InChI=1S/C20H16O4/c1-2-23-19-15-10-6-7-11-17(15)24-20(22)18(19)16(21)13-12-14-8-4-3-5-9-14/h2-13,18-19H,1H2/b13-12+. The molecule has 0 amide bonds. The van der Waals surface area contributed by atoms with Crippen LogP contribution in [0, 0.1) is 5.92 Å². The Hall–Kier alpha value is -3.14. The third-order valence-electron chi connectivity index (χ3n) is 3.78. The summed E-state index contributed by atoms with van der Waals surface area (Å²) in [6, 6.07) is 16.4. The van der Waals surface area contributed by atoms with Gasteiger partial charge in [-0.25, -0.2) is 0 Å². The fraction of sp³-hybridized carbons (Fsp3) is 0.100.